The van der Waals surface area contributed by atoms with Crippen molar-refractivity contribution in [1.82, 2.24) is 4.90 Å². The van der Waals surface area contributed by atoms with Gasteiger partial charge in [-0.3, -0.25) is 4.90 Å². The van der Waals surface area contributed by atoms with Gasteiger partial charge in [0.15, 0.2) is 0 Å². The van der Waals surface area contributed by atoms with Gasteiger partial charge in [-0.05, 0) is 44.7 Å². The molecule has 1 aliphatic carbocycles. The summed E-state index contributed by atoms with van der Waals surface area (Å²) in [5.74, 6) is 0.933. The minimum Gasteiger partial charge on any atom is -0.299 e. The first-order chi connectivity index (χ1) is 5.95. The van der Waals surface area contributed by atoms with Gasteiger partial charge < -0.3 is 0 Å². The van der Waals surface area contributed by atoms with Crippen molar-refractivity contribution in [2.75, 3.05) is 13.1 Å². The Labute approximate surface area is 76.1 Å². The van der Waals surface area contributed by atoms with Gasteiger partial charge in [-0.1, -0.05) is 19.3 Å². The van der Waals surface area contributed by atoms with Crippen molar-refractivity contribution in [1.29, 1.82) is 0 Å². The fourth-order valence-electron chi connectivity index (χ4n) is 2.47. The van der Waals surface area contributed by atoms with Crippen LogP contribution in [0.15, 0.2) is 0 Å². The maximum Gasteiger partial charge on any atom is 0.0282 e. The molecule has 1 nitrogen and oxygen atoms in total. The van der Waals surface area contributed by atoms with E-state index >= 15 is 0 Å². The Kier molecular flexibility index (Phi) is 3.04. The second-order valence-electron chi connectivity index (χ2n) is 4.29. The zero-order chi connectivity index (χ0) is 8.23. The standard InChI is InChI=1S/C11H20N/c1-4-8-12(9-5-1)10-11-6-2-3-7-11/h10-11H,1-9H2. The number of likely N-dealkylation sites (tertiary alicyclic amines) is 1. The molecule has 0 spiro atoms. The summed E-state index contributed by atoms with van der Waals surface area (Å²) in [7, 11) is 0. The van der Waals surface area contributed by atoms with E-state index in [0.717, 1.165) is 5.92 Å². The van der Waals surface area contributed by atoms with E-state index in [4.69, 9.17) is 0 Å². The van der Waals surface area contributed by atoms with Crippen LogP contribution < -0.4 is 0 Å². The average Bonchev–Trinajstić information content (AvgIpc) is 2.59. The summed E-state index contributed by atoms with van der Waals surface area (Å²) in [5, 5.41) is 0. The van der Waals surface area contributed by atoms with E-state index in [1.54, 1.807) is 0 Å². The zero-order valence-corrected chi connectivity index (χ0v) is 7.97. The SMILES string of the molecule is [CH](C1CCCC1)N1CCCCC1. The lowest BCUT2D eigenvalue weighted by molar-refractivity contribution is 0.247. The van der Waals surface area contributed by atoms with Crippen LogP contribution in [0.1, 0.15) is 44.9 Å². The molecule has 0 bridgehead atoms. The van der Waals surface area contributed by atoms with E-state index in [2.05, 4.69) is 11.4 Å². The van der Waals surface area contributed by atoms with Gasteiger partial charge in [-0.15, -0.1) is 0 Å². The second-order valence-corrected chi connectivity index (χ2v) is 4.29. The Morgan fingerprint density at radius 2 is 1.50 bits per heavy atom. The molecular weight excluding hydrogens is 146 g/mol. The van der Waals surface area contributed by atoms with Gasteiger partial charge in [-0.25, -0.2) is 0 Å². The molecule has 1 heterocycles. The van der Waals surface area contributed by atoms with Gasteiger partial charge in [0.2, 0.25) is 0 Å². The largest absolute Gasteiger partial charge is 0.299 e. The predicted octanol–water partition coefficient (Wildman–Crippen LogP) is 2.82. The summed E-state index contributed by atoms with van der Waals surface area (Å²) < 4.78 is 0. The van der Waals surface area contributed by atoms with Gasteiger partial charge in [-0.2, -0.15) is 0 Å². The molecule has 2 rings (SSSR count). The lowest BCUT2D eigenvalue weighted by Gasteiger charge is -2.28. The second kappa shape index (κ2) is 4.27. The topological polar surface area (TPSA) is 3.24 Å². The van der Waals surface area contributed by atoms with Crippen LogP contribution in [0.25, 0.3) is 0 Å². The van der Waals surface area contributed by atoms with Crippen molar-refractivity contribution in [2.45, 2.75) is 44.9 Å². The van der Waals surface area contributed by atoms with E-state index in [1.807, 2.05) is 0 Å². The molecule has 0 unspecified atom stereocenters. The molecule has 1 aliphatic heterocycles. The molecule has 1 saturated heterocycles. The number of hydrogen-bond acceptors (Lipinski definition) is 1. The minimum absolute atomic E-state index is 0.933. The molecule has 0 aromatic rings. The van der Waals surface area contributed by atoms with E-state index in [-0.39, 0.29) is 0 Å². The van der Waals surface area contributed by atoms with E-state index in [9.17, 15) is 0 Å². The molecular formula is C11H20N. The van der Waals surface area contributed by atoms with Crippen molar-refractivity contribution in [3.8, 4) is 0 Å². The third-order valence-electron chi connectivity index (χ3n) is 3.21. The van der Waals surface area contributed by atoms with Crippen molar-refractivity contribution in [3.63, 3.8) is 0 Å². The third-order valence-corrected chi connectivity index (χ3v) is 3.21. The highest BCUT2D eigenvalue weighted by atomic mass is 15.1. The summed E-state index contributed by atoms with van der Waals surface area (Å²) >= 11 is 0. The molecule has 0 atom stereocenters. The average molecular weight is 166 g/mol. The summed E-state index contributed by atoms with van der Waals surface area (Å²) in [5.41, 5.74) is 0. The van der Waals surface area contributed by atoms with Crippen LogP contribution in [0, 0.1) is 12.5 Å². The highest BCUT2D eigenvalue weighted by Gasteiger charge is 2.19. The summed E-state index contributed by atoms with van der Waals surface area (Å²) in [6, 6.07) is 0. The Hall–Kier alpha value is -0.0400. The normalized spacial score (nSPS) is 28.0. The molecule has 1 saturated carbocycles. The van der Waals surface area contributed by atoms with Crippen molar-refractivity contribution < 1.29 is 0 Å². The highest BCUT2D eigenvalue weighted by molar-refractivity contribution is 4.82. The molecule has 0 aromatic heterocycles. The third kappa shape index (κ3) is 2.22. The maximum absolute atomic E-state index is 2.57. The Balaban J connectivity index is 1.69. The molecule has 0 N–H and O–H groups in total. The van der Waals surface area contributed by atoms with Gasteiger partial charge in [0.25, 0.3) is 0 Å². The summed E-state index contributed by atoms with van der Waals surface area (Å²) in [6.45, 7) is 5.19. The van der Waals surface area contributed by atoms with Crippen LogP contribution in [-0.2, 0) is 0 Å². The first-order valence-electron chi connectivity index (χ1n) is 5.54. The number of rotatable bonds is 2. The van der Waals surface area contributed by atoms with Crippen LogP contribution in [-0.4, -0.2) is 18.0 Å². The highest BCUT2D eigenvalue weighted by Crippen LogP contribution is 2.28. The molecule has 1 radical (unpaired) electrons. The Morgan fingerprint density at radius 1 is 0.833 bits per heavy atom. The minimum atomic E-state index is 0.933. The van der Waals surface area contributed by atoms with Gasteiger partial charge in [0, 0.05) is 6.54 Å². The first kappa shape index (κ1) is 8.55. The van der Waals surface area contributed by atoms with E-state index in [1.165, 1.54) is 58.0 Å². The molecule has 0 amide bonds. The molecule has 2 aliphatic rings. The van der Waals surface area contributed by atoms with Crippen LogP contribution in [0.2, 0.25) is 0 Å². The number of hydrogen-bond donors (Lipinski definition) is 0. The van der Waals surface area contributed by atoms with Gasteiger partial charge in [0.05, 0.1) is 0 Å². The number of piperidine rings is 1. The van der Waals surface area contributed by atoms with Crippen LogP contribution in [0.4, 0.5) is 0 Å². The molecule has 12 heavy (non-hydrogen) atoms. The van der Waals surface area contributed by atoms with E-state index < -0.39 is 0 Å². The zero-order valence-electron chi connectivity index (χ0n) is 7.97. The first-order valence-corrected chi connectivity index (χ1v) is 5.54. The summed E-state index contributed by atoms with van der Waals surface area (Å²) in [4.78, 5) is 2.57. The predicted molar refractivity (Wildman–Crippen MR) is 51.7 cm³/mol. The Morgan fingerprint density at radius 3 is 2.17 bits per heavy atom. The lowest BCUT2D eigenvalue weighted by atomic mass is 10.1. The maximum atomic E-state index is 2.57. The molecule has 1 heteroatoms. The van der Waals surface area contributed by atoms with Crippen molar-refractivity contribution in [2.24, 2.45) is 5.92 Å². The quantitative estimate of drug-likeness (QED) is 0.609. The number of nitrogens with zero attached hydrogens (tertiary/aromatic N) is 1. The van der Waals surface area contributed by atoms with Crippen molar-refractivity contribution in [3.05, 3.63) is 6.54 Å². The van der Waals surface area contributed by atoms with Crippen molar-refractivity contribution >= 4 is 0 Å². The molecule has 0 aromatic carbocycles. The van der Waals surface area contributed by atoms with Crippen LogP contribution in [0.5, 0.6) is 0 Å². The smallest absolute Gasteiger partial charge is 0.0282 e. The van der Waals surface area contributed by atoms with Gasteiger partial charge >= 0.3 is 0 Å². The lowest BCUT2D eigenvalue weighted by Crippen LogP contribution is -2.29. The molecule has 69 valence electrons. The van der Waals surface area contributed by atoms with Gasteiger partial charge in [0.1, 0.15) is 0 Å². The fourth-order valence-corrected chi connectivity index (χ4v) is 2.47. The van der Waals surface area contributed by atoms with Crippen LogP contribution >= 0.6 is 0 Å². The summed E-state index contributed by atoms with van der Waals surface area (Å²) in [6.07, 6.45) is 10.1. The van der Waals surface area contributed by atoms with E-state index in [0.29, 0.717) is 0 Å². The molecule has 2 fully saturated rings. The Bertz CT molecular complexity index is 121. The fraction of sp³-hybridized carbons (Fsp3) is 0.909. The van der Waals surface area contributed by atoms with Crippen LogP contribution in [0.3, 0.4) is 0 Å². The monoisotopic (exact) mass is 166 g/mol.